The number of aryl methyl sites for hydroxylation is 2. The second kappa shape index (κ2) is 9.12. The van der Waals surface area contributed by atoms with E-state index in [2.05, 4.69) is 40.5 Å². The normalized spacial score (nSPS) is 15.9. The highest BCUT2D eigenvalue weighted by Crippen LogP contribution is 2.21. The number of aromatic nitrogens is 7. The summed E-state index contributed by atoms with van der Waals surface area (Å²) in [7, 11) is 0. The maximum absolute atomic E-state index is 13.2. The Morgan fingerprint density at radius 1 is 1.14 bits per heavy atom. The standard InChI is InChI=1S/C23H25FN10O/c1-14-8-19(28-20-9-15(2)30-31-20)29-23(27-14)32-6-7-33(16(3)12-32)22(35)17-4-5-21(25-10-17)34-13-18(24)11-26-34/h4-5,8-11,13,16H,6-7,12H2,1-3H3,(H2,27,28,29,30,31)/t16-/m0/s1. The minimum Gasteiger partial charge on any atom is -0.337 e. The number of pyridine rings is 1. The first-order valence-corrected chi connectivity index (χ1v) is 11.2. The van der Waals surface area contributed by atoms with E-state index in [4.69, 9.17) is 0 Å². The third-order valence-electron chi connectivity index (χ3n) is 5.76. The van der Waals surface area contributed by atoms with Gasteiger partial charge in [-0.15, -0.1) is 0 Å². The van der Waals surface area contributed by atoms with E-state index >= 15 is 0 Å². The van der Waals surface area contributed by atoms with E-state index < -0.39 is 5.82 Å². The molecule has 1 atom stereocenters. The molecular formula is C23H25FN10O. The number of halogens is 1. The van der Waals surface area contributed by atoms with Crippen molar-refractivity contribution < 1.29 is 9.18 Å². The molecule has 0 spiro atoms. The van der Waals surface area contributed by atoms with Gasteiger partial charge in [0.15, 0.2) is 17.5 Å². The summed E-state index contributed by atoms with van der Waals surface area (Å²) in [6.07, 6.45) is 3.83. The van der Waals surface area contributed by atoms with Crippen LogP contribution in [0.4, 0.5) is 22.0 Å². The number of aromatic amines is 1. The van der Waals surface area contributed by atoms with Gasteiger partial charge in [0, 0.05) is 55.4 Å². The summed E-state index contributed by atoms with van der Waals surface area (Å²) < 4.78 is 14.5. The van der Waals surface area contributed by atoms with E-state index in [1.165, 1.54) is 17.1 Å². The number of H-pyrrole nitrogens is 1. The quantitative estimate of drug-likeness (QED) is 0.451. The Morgan fingerprint density at radius 3 is 2.66 bits per heavy atom. The Bertz CT molecular complexity index is 1350. The lowest BCUT2D eigenvalue weighted by Gasteiger charge is -2.40. The number of piperazine rings is 1. The Morgan fingerprint density at radius 2 is 2.00 bits per heavy atom. The van der Waals surface area contributed by atoms with Crippen molar-refractivity contribution in [3.05, 3.63) is 65.6 Å². The van der Waals surface area contributed by atoms with Crippen molar-refractivity contribution >= 4 is 23.5 Å². The zero-order valence-electron chi connectivity index (χ0n) is 19.6. The molecule has 5 heterocycles. The Labute approximate surface area is 201 Å². The van der Waals surface area contributed by atoms with Crippen LogP contribution in [-0.4, -0.2) is 71.4 Å². The van der Waals surface area contributed by atoms with E-state index in [0.717, 1.165) is 17.6 Å². The minimum absolute atomic E-state index is 0.0642. The molecule has 0 bridgehead atoms. The van der Waals surface area contributed by atoms with Crippen LogP contribution in [0.5, 0.6) is 0 Å². The number of hydrogen-bond acceptors (Lipinski definition) is 8. The lowest BCUT2D eigenvalue weighted by atomic mass is 10.1. The summed E-state index contributed by atoms with van der Waals surface area (Å²) >= 11 is 0. The number of hydrogen-bond donors (Lipinski definition) is 2. The zero-order valence-corrected chi connectivity index (χ0v) is 19.6. The van der Waals surface area contributed by atoms with Gasteiger partial charge in [-0.05, 0) is 32.9 Å². The fourth-order valence-corrected chi connectivity index (χ4v) is 4.05. The van der Waals surface area contributed by atoms with E-state index in [1.54, 1.807) is 12.1 Å². The van der Waals surface area contributed by atoms with E-state index in [9.17, 15) is 9.18 Å². The smallest absolute Gasteiger partial charge is 0.255 e. The average molecular weight is 477 g/mol. The van der Waals surface area contributed by atoms with Crippen molar-refractivity contribution in [3.8, 4) is 5.82 Å². The monoisotopic (exact) mass is 476 g/mol. The van der Waals surface area contributed by atoms with Gasteiger partial charge >= 0.3 is 0 Å². The molecule has 1 aliphatic rings. The van der Waals surface area contributed by atoms with Crippen molar-refractivity contribution in [3.63, 3.8) is 0 Å². The fraction of sp³-hybridized carbons (Fsp3) is 0.304. The van der Waals surface area contributed by atoms with Crippen molar-refractivity contribution in [2.45, 2.75) is 26.8 Å². The first kappa shape index (κ1) is 22.4. The summed E-state index contributed by atoms with van der Waals surface area (Å²) in [4.78, 5) is 30.6. The van der Waals surface area contributed by atoms with Crippen molar-refractivity contribution in [1.82, 2.24) is 39.8 Å². The number of amides is 1. The Balaban J connectivity index is 1.26. The molecule has 35 heavy (non-hydrogen) atoms. The predicted octanol–water partition coefficient (Wildman–Crippen LogP) is 2.63. The van der Waals surface area contributed by atoms with Gasteiger partial charge < -0.3 is 15.1 Å². The molecule has 4 aromatic rings. The molecule has 5 rings (SSSR count). The largest absolute Gasteiger partial charge is 0.337 e. The van der Waals surface area contributed by atoms with Gasteiger partial charge in [0.1, 0.15) is 5.82 Å². The Kier molecular flexibility index (Phi) is 5.85. The SMILES string of the molecule is Cc1cc(Nc2cc(C)[nH]n2)nc(N2CCN(C(=O)c3ccc(-n4cc(F)cn4)nc3)[C@@H](C)C2)n1. The van der Waals surface area contributed by atoms with Crippen LogP contribution in [0.15, 0.2) is 42.9 Å². The number of anilines is 3. The van der Waals surface area contributed by atoms with Gasteiger partial charge in [-0.25, -0.2) is 19.0 Å². The number of nitrogens with zero attached hydrogens (tertiary/aromatic N) is 8. The first-order valence-electron chi connectivity index (χ1n) is 11.2. The van der Waals surface area contributed by atoms with Gasteiger partial charge in [0.25, 0.3) is 5.91 Å². The fourth-order valence-electron chi connectivity index (χ4n) is 4.05. The van der Waals surface area contributed by atoms with Crippen LogP contribution >= 0.6 is 0 Å². The van der Waals surface area contributed by atoms with Crippen LogP contribution in [0.25, 0.3) is 5.82 Å². The van der Waals surface area contributed by atoms with Crippen LogP contribution in [0.3, 0.4) is 0 Å². The Hall–Kier alpha value is -4.35. The first-order chi connectivity index (χ1) is 16.9. The van der Waals surface area contributed by atoms with Crippen LogP contribution in [0.2, 0.25) is 0 Å². The second-order valence-electron chi connectivity index (χ2n) is 8.56. The number of carbonyl (C=O) groups is 1. The summed E-state index contributed by atoms with van der Waals surface area (Å²) in [6.45, 7) is 7.56. The predicted molar refractivity (Wildman–Crippen MR) is 127 cm³/mol. The minimum atomic E-state index is -0.449. The van der Waals surface area contributed by atoms with Crippen LogP contribution < -0.4 is 10.2 Å². The van der Waals surface area contributed by atoms with Crippen LogP contribution in [-0.2, 0) is 0 Å². The van der Waals surface area contributed by atoms with Gasteiger partial charge in [-0.3, -0.25) is 9.89 Å². The lowest BCUT2D eigenvalue weighted by molar-refractivity contribution is 0.0673. The maximum Gasteiger partial charge on any atom is 0.255 e. The third kappa shape index (κ3) is 4.81. The van der Waals surface area contributed by atoms with E-state index in [-0.39, 0.29) is 11.9 Å². The summed E-state index contributed by atoms with van der Waals surface area (Å²) in [6, 6.07) is 7.03. The molecule has 1 amide bonds. The molecule has 11 nitrogen and oxygen atoms in total. The number of nitrogens with one attached hydrogen (secondary N) is 2. The van der Waals surface area contributed by atoms with Gasteiger partial charge in [-0.2, -0.15) is 15.2 Å². The van der Waals surface area contributed by atoms with Gasteiger partial charge in [0.2, 0.25) is 5.95 Å². The molecule has 0 aromatic carbocycles. The van der Waals surface area contributed by atoms with Gasteiger partial charge in [0.05, 0.1) is 18.0 Å². The molecule has 12 heteroatoms. The van der Waals surface area contributed by atoms with Crippen LogP contribution in [0.1, 0.15) is 28.7 Å². The molecule has 1 fully saturated rings. The zero-order chi connectivity index (χ0) is 24.5. The highest BCUT2D eigenvalue weighted by atomic mass is 19.1. The molecule has 0 radical (unpaired) electrons. The highest BCUT2D eigenvalue weighted by Gasteiger charge is 2.29. The van der Waals surface area contributed by atoms with E-state index in [1.807, 2.05) is 37.8 Å². The molecule has 0 aliphatic carbocycles. The van der Waals surface area contributed by atoms with E-state index in [0.29, 0.717) is 48.6 Å². The van der Waals surface area contributed by atoms with Crippen molar-refractivity contribution in [2.24, 2.45) is 0 Å². The number of carbonyl (C=O) groups excluding carboxylic acids is 1. The summed E-state index contributed by atoms with van der Waals surface area (Å²) in [5, 5.41) is 14.2. The average Bonchev–Trinajstić information content (AvgIpc) is 3.46. The van der Waals surface area contributed by atoms with Crippen molar-refractivity contribution in [2.75, 3.05) is 29.9 Å². The third-order valence-corrected chi connectivity index (χ3v) is 5.76. The molecule has 1 aliphatic heterocycles. The van der Waals surface area contributed by atoms with Crippen LogP contribution in [0, 0.1) is 19.7 Å². The molecule has 4 aromatic heterocycles. The molecule has 0 saturated carbocycles. The molecule has 2 N–H and O–H groups in total. The molecule has 0 unspecified atom stereocenters. The highest BCUT2D eigenvalue weighted by molar-refractivity contribution is 5.94. The topological polar surface area (TPSA) is 121 Å². The lowest BCUT2D eigenvalue weighted by Crippen LogP contribution is -2.54. The second-order valence-corrected chi connectivity index (χ2v) is 8.56. The summed E-state index contributed by atoms with van der Waals surface area (Å²) in [5.74, 6) is 1.84. The van der Waals surface area contributed by atoms with Gasteiger partial charge in [-0.1, -0.05) is 0 Å². The molecular weight excluding hydrogens is 451 g/mol. The molecule has 180 valence electrons. The van der Waals surface area contributed by atoms with Crippen molar-refractivity contribution in [1.29, 1.82) is 0 Å². The number of rotatable bonds is 5. The molecule has 1 saturated heterocycles. The maximum atomic E-state index is 13.2. The summed E-state index contributed by atoms with van der Waals surface area (Å²) in [5.41, 5.74) is 2.25.